The van der Waals surface area contributed by atoms with Gasteiger partial charge in [-0.1, -0.05) is 12.1 Å². The molecule has 2 amide bonds. The molecule has 2 atom stereocenters. The van der Waals surface area contributed by atoms with Crippen molar-refractivity contribution in [3.05, 3.63) is 52.8 Å². The highest BCUT2D eigenvalue weighted by molar-refractivity contribution is 5.85. The normalized spacial score (nSPS) is 23.9. The summed E-state index contributed by atoms with van der Waals surface area (Å²) in [5, 5.41) is 10.9. The third-order valence-corrected chi connectivity index (χ3v) is 6.97. The number of benzene rings is 1. The number of urea groups is 1. The van der Waals surface area contributed by atoms with Crippen LogP contribution in [0.3, 0.4) is 0 Å². The maximum absolute atomic E-state index is 13.3. The Kier molecular flexibility index (Phi) is 7.39. The van der Waals surface area contributed by atoms with E-state index in [2.05, 4.69) is 21.6 Å². The molecule has 3 fully saturated rings. The lowest BCUT2D eigenvalue weighted by Gasteiger charge is -2.41. The van der Waals surface area contributed by atoms with Gasteiger partial charge >= 0.3 is 12.2 Å². The number of hydrogen-bond acceptors (Lipinski definition) is 4. The number of carbonyl (C=O) groups excluding carboxylic acids is 1. The van der Waals surface area contributed by atoms with Crippen molar-refractivity contribution >= 4 is 18.4 Å². The van der Waals surface area contributed by atoms with Crippen molar-refractivity contribution in [2.24, 2.45) is 0 Å². The molecule has 186 valence electrons. The molecule has 7 nitrogen and oxygen atoms in total. The highest BCUT2D eigenvalue weighted by Crippen LogP contribution is 2.38. The third kappa shape index (κ3) is 5.18. The number of likely N-dealkylation sites (tertiary alicyclic amines) is 1. The van der Waals surface area contributed by atoms with E-state index in [1.807, 2.05) is 4.90 Å². The summed E-state index contributed by atoms with van der Waals surface area (Å²) >= 11 is 0. The molecule has 1 aromatic heterocycles. The Labute approximate surface area is 202 Å². The third-order valence-electron chi connectivity index (χ3n) is 6.97. The molecular formula is C23H29ClF3N5O2. The van der Waals surface area contributed by atoms with Crippen LogP contribution in [0.5, 0.6) is 0 Å². The Morgan fingerprint density at radius 1 is 1.00 bits per heavy atom. The summed E-state index contributed by atoms with van der Waals surface area (Å²) in [4.78, 5) is 16.9. The predicted octanol–water partition coefficient (Wildman–Crippen LogP) is 3.56. The van der Waals surface area contributed by atoms with E-state index in [1.54, 1.807) is 17.0 Å². The van der Waals surface area contributed by atoms with Gasteiger partial charge in [-0.3, -0.25) is 5.10 Å². The van der Waals surface area contributed by atoms with Crippen molar-refractivity contribution < 1.29 is 22.7 Å². The minimum Gasteiger partial charge on any atom is -0.378 e. The average Bonchev–Trinajstić information content (AvgIpc) is 3.27. The van der Waals surface area contributed by atoms with E-state index in [4.69, 9.17) is 4.74 Å². The molecule has 1 aromatic carbocycles. The number of morpholine rings is 1. The molecule has 2 unspecified atom stereocenters. The highest BCUT2D eigenvalue weighted by atomic mass is 35.5. The standard InChI is InChI=1S/C23H28F3N5O2.ClH/c24-23(25,26)19-3-1-15(2-4-19)16-9-17(20-10-21(29-28-20)18-11-27-12-18)14-31(13-16)22(32)30-5-7-33-8-6-30;/h1-4,10,16-18,27H,5-9,11-14H2,(H,28,29);1H. The van der Waals surface area contributed by atoms with Gasteiger partial charge in [-0.25, -0.2) is 4.79 Å². The van der Waals surface area contributed by atoms with Gasteiger partial charge in [0, 0.05) is 62.7 Å². The van der Waals surface area contributed by atoms with Crippen molar-refractivity contribution in [3.63, 3.8) is 0 Å². The number of hydrogen-bond donors (Lipinski definition) is 2. The second-order valence-electron chi connectivity index (χ2n) is 9.14. The van der Waals surface area contributed by atoms with Crippen LogP contribution in [0.2, 0.25) is 0 Å². The first-order chi connectivity index (χ1) is 15.9. The van der Waals surface area contributed by atoms with Gasteiger partial charge < -0.3 is 19.9 Å². The van der Waals surface area contributed by atoms with E-state index in [9.17, 15) is 18.0 Å². The van der Waals surface area contributed by atoms with Gasteiger partial charge in [0.15, 0.2) is 0 Å². The van der Waals surface area contributed by atoms with Crippen LogP contribution in [0.1, 0.15) is 46.7 Å². The number of nitrogens with one attached hydrogen (secondary N) is 2. The average molecular weight is 500 g/mol. The Balaban J connectivity index is 0.00000274. The van der Waals surface area contributed by atoms with Crippen LogP contribution in [0.4, 0.5) is 18.0 Å². The summed E-state index contributed by atoms with van der Waals surface area (Å²) < 4.78 is 44.5. The molecule has 0 bridgehead atoms. The van der Waals surface area contributed by atoms with Gasteiger partial charge in [0.1, 0.15) is 0 Å². The Morgan fingerprint density at radius 3 is 2.29 bits per heavy atom. The minimum absolute atomic E-state index is 0. The van der Waals surface area contributed by atoms with Gasteiger partial charge in [0.05, 0.1) is 24.5 Å². The lowest BCUT2D eigenvalue weighted by Crippen LogP contribution is -2.52. The van der Waals surface area contributed by atoms with Gasteiger partial charge in [-0.15, -0.1) is 12.4 Å². The minimum atomic E-state index is -4.37. The highest BCUT2D eigenvalue weighted by Gasteiger charge is 2.36. The molecule has 3 saturated heterocycles. The molecule has 0 spiro atoms. The Bertz CT molecular complexity index is 974. The second kappa shape index (κ2) is 10.1. The zero-order chi connectivity index (χ0) is 23.0. The fourth-order valence-electron chi connectivity index (χ4n) is 4.89. The van der Waals surface area contributed by atoms with Crippen molar-refractivity contribution in [1.82, 2.24) is 25.3 Å². The number of alkyl halides is 3. The molecule has 3 aliphatic heterocycles. The summed E-state index contributed by atoms with van der Waals surface area (Å²) in [6, 6.07) is 7.40. The number of halogens is 4. The monoisotopic (exact) mass is 499 g/mol. The Morgan fingerprint density at radius 2 is 1.68 bits per heavy atom. The van der Waals surface area contributed by atoms with E-state index in [0.717, 1.165) is 48.6 Å². The number of ether oxygens (including phenoxy) is 1. The van der Waals surface area contributed by atoms with Crippen LogP contribution in [-0.2, 0) is 10.9 Å². The summed E-state index contributed by atoms with van der Waals surface area (Å²) in [5.74, 6) is 0.369. The topological polar surface area (TPSA) is 73.5 Å². The molecule has 5 rings (SSSR count). The molecule has 2 aromatic rings. The fraction of sp³-hybridized carbons (Fsp3) is 0.565. The molecule has 0 saturated carbocycles. The van der Waals surface area contributed by atoms with Crippen LogP contribution in [0.25, 0.3) is 0 Å². The molecule has 11 heteroatoms. The van der Waals surface area contributed by atoms with E-state index in [1.165, 1.54) is 0 Å². The maximum Gasteiger partial charge on any atom is 0.416 e. The number of rotatable bonds is 3. The van der Waals surface area contributed by atoms with Crippen LogP contribution in [-0.4, -0.2) is 78.5 Å². The van der Waals surface area contributed by atoms with E-state index in [0.29, 0.717) is 45.3 Å². The summed E-state index contributed by atoms with van der Waals surface area (Å²) in [7, 11) is 0. The maximum atomic E-state index is 13.3. The lowest BCUT2D eigenvalue weighted by molar-refractivity contribution is -0.137. The SMILES string of the molecule is Cl.O=C(N1CCOCC1)N1CC(c2ccc(C(F)(F)F)cc2)CC(c2cc(C3CNC3)n[nH]2)C1. The van der Waals surface area contributed by atoms with Crippen LogP contribution < -0.4 is 5.32 Å². The van der Waals surface area contributed by atoms with Crippen molar-refractivity contribution in [2.75, 3.05) is 52.5 Å². The summed E-state index contributed by atoms with van der Waals surface area (Å²) in [6.07, 6.45) is -3.63. The quantitative estimate of drug-likeness (QED) is 0.677. The largest absolute Gasteiger partial charge is 0.416 e. The van der Waals surface area contributed by atoms with Crippen molar-refractivity contribution in [2.45, 2.75) is 30.4 Å². The van der Waals surface area contributed by atoms with E-state index < -0.39 is 11.7 Å². The van der Waals surface area contributed by atoms with Crippen molar-refractivity contribution in [1.29, 1.82) is 0 Å². The fourth-order valence-corrected chi connectivity index (χ4v) is 4.89. The molecule has 0 aliphatic carbocycles. The van der Waals surface area contributed by atoms with Gasteiger partial charge in [-0.05, 0) is 30.2 Å². The van der Waals surface area contributed by atoms with Crippen molar-refractivity contribution in [3.8, 4) is 0 Å². The predicted molar refractivity (Wildman–Crippen MR) is 122 cm³/mol. The smallest absolute Gasteiger partial charge is 0.378 e. The van der Waals surface area contributed by atoms with Gasteiger partial charge in [0.25, 0.3) is 0 Å². The molecule has 0 radical (unpaired) electrons. The zero-order valence-corrected chi connectivity index (χ0v) is 19.5. The first-order valence-electron chi connectivity index (χ1n) is 11.4. The van der Waals surface area contributed by atoms with Gasteiger partial charge in [0.2, 0.25) is 0 Å². The first kappa shape index (κ1) is 24.8. The molecule has 4 heterocycles. The molecule has 34 heavy (non-hydrogen) atoms. The molecule has 3 aliphatic rings. The number of aromatic amines is 1. The number of aromatic nitrogens is 2. The zero-order valence-electron chi connectivity index (χ0n) is 18.7. The molecule has 2 N–H and O–H groups in total. The first-order valence-corrected chi connectivity index (χ1v) is 11.4. The van der Waals surface area contributed by atoms with Crippen LogP contribution in [0.15, 0.2) is 30.3 Å². The lowest BCUT2D eigenvalue weighted by atomic mass is 9.82. The molecular weight excluding hydrogens is 471 g/mol. The number of H-pyrrole nitrogens is 1. The summed E-state index contributed by atoms with van der Waals surface area (Å²) in [5.41, 5.74) is 2.15. The van der Waals surface area contributed by atoms with Crippen LogP contribution >= 0.6 is 12.4 Å². The van der Waals surface area contributed by atoms with E-state index >= 15 is 0 Å². The van der Waals surface area contributed by atoms with Gasteiger partial charge in [-0.2, -0.15) is 18.3 Å². The second-order valence-corrected chi connectivity index (χ2v) is 9.14. The van der Waals surface area contributed by atoms with E-state index in [-0.39, 0.29) is 30.3 Å². The number of nitrogens with zero attached hydrogens (tertiary/aromatic N) is 3. The number of piperidine rings is 1. The number of carbonyl (C=O) groups is 1. The summed E-state index contributed by atoms with van der Waals surface area (Å²) in [6.45, 7) is 4.98. The van der Waals surface area contributed by atoms with Crippen LogP contribution in [0, 0.1) is 0 Å². The number of amides is 2. The Hall–Kier alpha value is -2.30.